The van der Waals surface area contributed by atoms with Crippen molar-refractivity contribution < 1.29 is 28.9 Å². The second kappa shape index (κ2) is 7.50. The Morgan fingerprint density at radius 1 is 1.04 bits per heavy atom. The van der Waals surface area contributed by atoms with Crippen LogP contribution in [-0.4, -0.2) is 37.9 Å². The van der Waals surface area contributed by atoms with Gasteiger partial charge >= 0.3 is 11.9 Å². The van der Waals surface area contributed by atoms with Gasteiger partial charge in [-0.05, 0) is 31.2 Å². The summed E-state index contributed by atoms with van der Waals surface area (Å²) in [6.07, 6.45) is 0. The molecule has 0 amide bonds. The molecule has 0 saturated carbocycles. The summed E-state index contributed by atoms with van der Waals surface area (Å²) in [6.45, 7) is 1.88. The highest BCUT2D eigenvalue weighted by Gasteiger charge is 2.23. The monoisotopic (exact) mass is 330 g/mol. The minimum Gasteiger partial charge on any atom is -0.497 e. The van der Waals surface area contributed by atoms with Gasteiger partial charge in [-0.3, -0.25) is 0 Å². The van der Waals surface area contributed by atoms with Crippen LogP contribution in [0.1, 0.15) is 27.6 Å². The third kappa shape index (κ3) is 3.32. The van der Waals surface area contributed by atoms with Crippen LogP contribution in [-0.2, 0) is 4.74 Å². The molecule has 1 N–H and O–H groups in total. The van der Waals surface area contributed by atoms with Gasteiger partial charge in [-0.15, -0.1) is 0 Å². The van der Waals surface area contributed by atoms with E-state index in [2.05, 4.69) is 0 Å². The molecular formula is C18H18O6. The molecule has 0 spiro atoms. The molecule has 0 unspecified atom stereocenters. The Hall–Kier alpha value is -3.02. The summed E-state index contributed by atoms with van der Waals surface area (Å²) < 4.78 is 15.5. The number of rotatable bonds is 6. The number of benzene rings is 2. The van der Waals surface area contributed by atoms with Gasteiger partial charge in [0, 0.05) is 17.2 Å². The second-order valence-corrected chi connectivity index (χ2v) is 4.82. The molecule has 2 aromatic rings. The normalized spacial score (nSPS) is 10.1. The zero-order chi connectivity index (χ0) is 17.7. The lowest BCUT2D eigenvalue weighted by Crippen LogP contribution is -2.10. The van der Waals surface area contributed by atoms with Crippen molar-refractivity contribution in [1.82, 2.24) is 0 Å². The molecule has 0 aromatic heterocycles. The summed E-state index contributed by atoms with van der Waals surface area (Å²) in [5.41, 5.74) is 0.881. The fraction of sp³-hybridized carbons (Fsp3) is 0.222. The molecule has 126 valence electrons. The summed E-state index contributed by atoms with van der Waals surface area (Å²) in [7, 11) is 2.98. The van der Waals surface area contributed by atoms with E-state index in [4.69, 9.17) is 14.2 Å². The lowest BCUT2D eigenvalue weighted by molar-refractivity contribution is 0.0527. The molecule has 0 aliphatic rings. The van der Waals surface area contributed by atoms with Crippen molar-refractivity contribution in [2.75, 3.05) is 20.8 Å². The predicted molar refractivity (Wildman–Crippen MR) is 87.9 cm³/mol. The van der Waals surface area contributed by atoms with Gasteiger partial charge in [0.25, 0.3) is 0 Å². The standard InChI is InChI=1S/C18H18O6/c1-4-24-18(21)14-7-5-6-13(17(19)20)16(14)12-9-8-11(22-2)10-15(12)23-3/h5-10H,4H2,1-3H3,(H,19,20). The largest absolute Gasteiger partial charge is 0.497 e. The van der Waals surface area contributed by atoms with E-state index in [0.29, 0.717) is 17.1 Å². The van der Waals surface area contributed by atoms with Crippen molar-refractivity contribution in [3.8, 4) is 22.6 Å². The average Bonchev–Trinajstić information content (AvgIpc) is 2.60. The zero-order valence-corrected chi connectivity index (χ0v) is 13.7. The first-order valence-electron chi connectivity index (χ1n) is 7.29. The highest BCUT2D eigenvalue weighted by molar-refractivity contribution is 6.06. The molecule has 24 heavy (non-hydrogen) atoms. The minimum atomic E-state index is -1.14. The number of carboxylic acids is 1. The Morgan fingerprint density at radius 2 is 1.75 bits per heavy atom. The maximum Gasteiger partial charge on any atom is 0.338 e. The smallest absolute Gasteiger partial charge is 0.338 e. The first-order chi connectivity index (χ1) is 11.5. The van der Waals surface area contributed by atoms with Crippen LogP contribution < -0.4 is 9.47 Å². The van der Waals surface area contributed by atoms with Crippen molar-refractivity contribution in [1.29, 1.82) is 0 Å². The third-order valence-corrected chi connectivity index (χ3v) is 3.47. The molecule has 2 rings (SSSR count). The van der Waals surface area contributed by atoms with E-state index in [1.165, 1.54) is 32.4 Å². The summed E-state index contributed by atoms with van der Waals surface area (Å²) >= 11 is 0. The Balaban J connectivity index is 2.76. The number of carbonyl (C=O) groups is 2. The van der Waals surface area contributed by atoms with Gasteiger partial charge in [-0.25, -0.2) is 9.59 Å². The number of hydrogen-bond donors (Lipinski definition) is 1. The zero-order valence-electron chi connectivity index (χ0n) is 13.7. The number of carboxylic acid groups (broad SMARTS) is 1. The molecule has 0 saturated heterocycles. The number of carbonyl (C=O) groups excluding carboxylic acids is 1. The number of aromatic carboxylic acids is 1. The molecule has 0 fully saturated rings. The van der Waals surface area contributed by atoms with Crippen LogP contribution in [0.25, 0.3) is 11.1 Å². The van der Waals surface area contributed by atoms with E-state index in [-0.39, 0.29) is 23.3 Å². The Morgan fingerprint density at radius 3 is 2.33 bits per heavy atom. The summed E-state index contributed by atoms with van der Waals surface area (Å²) in [4.78, 5) is 23.9. The SMILES string of the molecule is CCOC(=O)c1cccc(C(=O)O)c1-c1ccc(OC)cc1OC. The van der Waals surface area contributed by atoms with Crippen molar-refractivity contribution in [3.05, 3.63) is 47.5 Å². The van der Waals surface area contributed by atoms with Gasteiger partial charge in [0.2, 0.25) is 0 Å². The Bertz CT molecular complexity index is 766. The van der Waals surface area contributed by atoms with Gasteiger partial charge in [0.15, 0.2) is 0 Å². The van der Waals surface area contributed by atoms with E-state index < -0.39 is 11.9 Å². The highest BCUT2D eigenvalue weighted by Crippen LogP contribution is 2.37. The maximum absolute atomic E-state index is 12.3. The molecule has 0 aliphatic heterocycles. The first kappa shape index (κ1) is 17.3. The van der Waals surface area contributed by atoms with Gasteiger partial charge in [-0.2, -0.15) is 0 Å². The molecule has 0 atom stereocenters. The minimum absolute atomic E-state index is 0.0102. The Kier molecular flexibility index (Phi) is 5.42. The van der Waals surface area contributed by atoms with Crippen LogP contribution in [0, 0.1) is 0 Å². The highest BCUT2D eigenvalue weighted by atomic mass is 16.5. The molecule has 0 radical (unpaired) electrons. The van der Waals surface area contributed by atoms with Crippen molar-refractivity contribution in [2.45, 2.75) is 6.92 Å². The van der Waals surface area contributed by atoms with E-state index in [9.17, 15) is 14.7 Å². The summed E-state index contributed by atoms with van der Waals surface area (Å²) in [5, 5.41) is 9.51. The topological polar surface area (TPSA) is 82.1 Å². The van der Waals surface area contributed by atoms with Crippen LogP contribution in [0.2, 0.25) is 0 Å². The molecule has 2 aromatic carbocycles. The lowest BCUT2D eigenvalue weighted by Gasteiger charge is -2.16. The second-order valence-electron chi connectivity index (χ2n) is 4.82. The quantitative estimate of drug-likeness (QED) is 0.819. The van der Waals surface area contributed by atoms with Crippen molar-refractivity contribution in [2.24, 2.45) is 0 Å². The van der Waals surface area contributed by atoms with Crippen LogP contribution in [0.3, 0.4) is 0 Å². The number of ether oxygens (including phenoxy) is 3. The third-order valence-electron chi connectivity index (χ3n) is 3.47. The average molecular weight is 330 g/mol. The van der Waals surface area contributed by atoms with E-state index in [1.807, 2.05) is 0 Å². The van der Waals surface area contributed by atoms with E-state index >= 15 is 0 Å². The summed E-state index contributed by atoms with van der Waals surface area (Å²) in [6, 6.07) is 9.43. The van der Waals surface area contributed by atoms with Gasteiger partial charge in [-0.1, -0.05) is 6.07 Å². The van der Waals surface area contributed by atoms with Crippen LogP contribution in [0.5, 0.6) is 11.5 Å². The van der Waals surface area contributed by atoms with Crippen molar-refractivity contribution >= 4 is 11.9 Å². The van der Waals surface area contributed by atoms with Crippen LogP contribution >= 0.6 is 0 Å². The summed E-state index contributed by atoms with van der Waals surface area (Å²) in [5.74, 6) is -0.780. The predicted octanol–water partition coefficient (Wildman–Crippen LogP) is 3.25. The molecule has 6 heteroatoms. The lowest BCUT2D eigenvalue weighted by atomic mass is 9.93. The fourth-order valence-corrected chi connectivity index (χ4v) is 2.40. The number of hydrogen-bond acceptors (Lipinski definition) is 5. The van der Waals surface area contributed by atoms with Crippen LogP contribution in [0.15, 0.2) is 36.4 Å². The molecule has 0 bridgehead atoms. The van der Waals surface area contributed by atoms with Gasteiger partial charge in [0.05, 0.1) is 32.0 Å². The number of methoxy groups -OCH3 is 2. The van der Waals surface area contributed by atoms with E-state index in [1.54, 1.807) is 25.1 Å². The van der Waals surface area contributed by atoms with Gasteiger partial charge in [0.1, 0.15) is 11.5 Å². The molecule has 0 aliphatic carbocycles. The first-order valence-corrected chi connectivity index (χ1v) is 7.29. The fourth-order valence-electron chi connectivity index (χ4n) is 2.40. The Labute approximate surface area is 139 Å². The van der Waals surface area contributed by atoms with Crippen molar-refractivity contribution in [3.63, 3.8) is 0 Å². The molecule has 0 heterocycles. The maximum atomic E-state index is 12.3. The molecular weight excluding hydrogens is 312 g/mol. The number of esters is 1. The molecule has 6 nitrogen and oxygen atoms in total. The van der Waals surface area contributed by atoms with E-state index in [0.717, 1.165) is 0 Å². The van der Waals surface area contributed by atoms with Gasteiger partial charge < -0.3 is 19.3 Å². The van der Waals surface area contributed by atoms with Crippen LogP contribution in [0.4, 0.5) is 0 Å².